The van der Waals surface area contributed by atoms with Gasteiger partial charge in [0.05, 0.1) is 16.6 Å². The van der Waals surface area contributed by atoms with E-state index in [1.807, 2.05) is 24.3 Å². The zero-order valence-corrected chi connectivity index (χ0v) is 29.4. The molecule has 8 aromatic carbocycles. The highest BCUT2D eigenvalue weighted by atomic mass is 16.5. The number of aromatic nitrogens is 2. The SMILES string of the molecule is c1ccc(-c2nc(-c3ccc(-c4ccccc4-c4ccc5c(c4)C(c4ccccc4)(c4ccccc4)c4ccccc4O5)cc3)c3ccccc3n2)cc1. The molecule has 0 fully saturated rings. The molecule has 0 saturated carbocycles. The quantitative estimate of drug-likeness (QED) is 0.174. The summed E-state index contributed by atoms with van der Waals surface area (Å²) in [7, 11) is 0. The van der Waals surface area contributed by atoms with Gasteiger partial charge in [0.25, 0.3) is 0 Å². The van der Waals surface area contributed by atoms with Gasteiger partial charge in [0, 0.05) is 27.6 Å². The minimum absolute atomic E-state index is 0.585. The van der Waals surface area contributed by atoms with Crippen molar-refractivity contribution in [3.63, 3.8) is 0 Å². The van der Waals surface area contributed by atoms with Crippen molar-refractivity contribution < 1.29 is 4.74 Å². The summed E-state index contributed by atoms with van der Waals surface area (Å²) in [5.74, 6) is 2.46. The fraction of sp³-hybridized carbons (Fsp3) is 0.0196. The second kappa shape index (κ2) is 13.1. The van der Waals surface area contributed by atoms with Gasteiger partial charge in [-0.15, -0.1) is 0 Å². The number of nitrogens with zero attached hydrogens (tertiary/aromatic N) is 2. The van der Waals surface area contributed by atoms with Gasteiger partial charge in [-0.05, 0) is 57.6 Å². The van der Waals surface area contributed by atoms with Crippen molar-refractivity contribution >= 4 is 10.9 Å². The van der Waals surface area contributed by atoms with E-state index in [9.17, 15) is 0 Å². The Hall–Kier alpha value is -7.10. The largest absolute Gasteiger partial charge is 0.457 e. The molecule has 0 bridgehead atoms. The van der Waals surface area contributed by atoms with Crippen molar-refractivity contribution in [1.29, 1.82) is 0 Å². The van der Waals surface area contributed by atoms with Gasteiger partial charge in [-0.3, -0.25) is 0 Å². The first kappa shape index (κ1) is 31.6. The molecule has 254 valence electrons. The minimum Gasteiger partial charge on any atom is -0.457 e. The van der Waals surface area contributed by atoms with Gasteiger partial charge in [-0.25, -0.2) is 9.97 Å². The van der Waals surface area contributed by atoms with Gasteiger partial charge in [0.15, 0.2) is 5.82 Å². The lowest BCUT2D eigenvalue weighted by Crippen LogP contribution is -2.34. The summed E-state index contributed by atoms with van der Waals surface area (Å²) in [6.07, 6.45) is 0. The second-order valence-corrected chi connectivity index (χ2v) is 13.7. The van der Waals surface area contributed by atoms with Crippen LogP contribution < -0.4 is 4.74 Å². The maximum Gasteiger partial charge on any atom is 0.160 e. The molecule has 3 nitrogen and oxygen atoms in total. The zero-order valence-electron chi connectivity index (χ0n) is 29.4. The maximum atomic E-state index is 6.69. The molecule has 0 aliphatic carbocycles. The molecule has 2 heterocycles. The molecule has 54 heavy (non-hydrogen) atoms. The van der Waals surface area contributed by atoms with Gasteiger partial charge in [0.2, 0.25) is 0 Å². The molecule has 1 aliphatic heterocycles. The summed E-state index contributed by atoms with van der Waals surface area (Å²) in [5.41, 5.74) is 12.5. The van der Waals surface area contributed by atoms with E-state index in [4.69, 9.17) is 14.7 Å². The van der Waals surface area contributed by atoms with Crippen LogP contribution in [0.1, 0.15) is 22.3 Å². The first-order chi connectivity index (χ1) is 26.8. The smallest absolute Gasteiger partial charge is 0.160 e. The molecule has 3 heteroatoms. The Morgan fingerprint density at radius 1 is 0.370 bits per heavy atom. The molecule has 0 unspecified atom stereocenters. The molecule has 9 aromatic rings. The fourth-order valence-electron chi connectivity index (χ4n) is 8.18. The fourth-order valence-corrected chi connectivity index (χ4v) is 8.18. The molecule has 0 radical (unpaired) electrons. The predicted octanol–water partition coefficient (Wildman–Crippen LogP) is 12.8. The Bertz CT molecular complexity index is 2740. The summed E-state index contributed by atoms with van der Waals surface area (Å²) >= 11 is 0. The number of rotatable bonds is 6. The van der Waals surface area contributed by atoms with E-state index in [0.29, 0.717) is 0 Å². The van der Waals surface area contributed by atoms with Crippen LogP contribution >= 0.6 is 0 Å². The van der Waals surface area contributed by atoms with Crippen LogP contribution in [0.2, 0.25) is 0 Å². The van der Waals surface area contributed by atoms with Crippen LogP contribution in [0, 0.1) is 0 Å². The van der Waals surface area contributed by atoms with E-state index in [-0.39, 0.29) is 0 Å². The Morgan fingerprint density at radius 2 is 0.907 bits per heavy atom. The van der Waals surface area contributed by atoms with Crippen LogP contribution in [0.25, 0.3) is 55.8 Å². The molecule has 0 N–H and O–H groups in total. The van der Waals surface area contributed by atoms with Crippen molar-refractivity contribution in [2.24, 2.45) is 0 Å². The number of para-hydroxylation sites is 2. The van der Waals surface area contributed by atoms with Gasteiger partial charge < -0.3 is 4.74 Å². The molecule has 0 saturated heterocycles. The van der Waals surface area contributed by atoms with Crippen molar-refractivity contribution in [2.75, 3.05) is 0 Å². The van der Waals surface area contributed by atoms with Crippen LogP contribution in [-0.2, 0) is 5.41 Å². The molecule has 0 atom stereocenters. The number of hydrogen-bond acceptors (Lipinski definition) is 3. The van der Waals surface area contributed by atoms with Crippen LogP contribution in [0.4, 0.5) is 0 Å². The number of ether oxygens (including phenoxy) is 1. The maximum absolute atomic E-state index is 6.69. The molecule has 0 amide bonds. The molecule has 1 aromatic heterocycles. The zero-order chi connectivity index (χ0) is 35.9. The Morgan fingerprint density at radius 3 is 1.63 bits per heavy atom. The molecular weight excluding hydrogens is 657 g/mol. The third-order valence-electron chi connectivity index (χ3n) is 10.7. The minimum atomic E-state index is -0.585. The first-order valence-corrected chi connectivity index (χ1v) is 18.3. The standard InChI is InChI=1S/C51H34N2O/c1-4-16-37(17-5-1)50-52-46-26-14-12-24-43(46)49(53-50)36-30-28-35(29-31-36)41-22-10-11-23-42(41)38-32-33-48-45(34-38)51(39-18-6-2-7-19-39,40-20-8-3-9-21-40)44-25-13-15-27-47(44)54-48/h1-34H. The lowest BCUT2D eigenvalue weighted by atomic mass is 9.63. The number of hydrogen-bond donors (Lipinski definition) is 0. The van der Waals surface area contributed by atoms with Gasteiger partial charge in [-0.1, -0.05) is 182 Å². The van der Waals surface area contributed by atoms with Gasteiger partial charge in [0.1, 0.15) is 11.5 Å². The Balaban J connectivity index is 1.11. The lowest BCUT2D eigenvalue weighted by Gasteiger charge is -2.41. The molecule has 10 rings (SSSR count). The van der Waals surface area contributed by atoms with Gasteiger partial charge in [-0.2, -0.15) is 0 Å². The molecular formula is C51H34N2O. The summed E-state index contributed by atoms with van der Waals surface area (Å²) in [6, 6.07) is 72.7. The van der Waals surface area contributed by atoms with E-state index in [0.717, 1.165) is 78.4 Å². The highest BCUT2D eigenvalue weighted by molar-refractivity contribution is 5.94. The first-order valence-electron chi connectivity index (χ1n) is 18.3. The van der Waals surface area contributed by atoms with Crippen LogP contribution in [0.5, 0.6) is 11.5 Å². The molecule has 1 aliphatic rings. The summed E-state index contributed by atoms with van der Waals surface area (Å²) in [5, 5.41) is 1.03. The van der Waals surface area contributed by atoms with Crippen LogP contribution in [-0.4, -0.2) is 9.97 Å². The van der Waals surface area contributed by atoms with Crippen molar-refractivity contribution in [3.05, 3.63) is 229 Å². The third-order valence-corrected chi connectivity index (χ3v) is 10.7. The van der Waals surface area contributed by atoms with Crippen molar-refractivity contribution in [3.8, 4) is 56.4 Å². The van der Waals surface area contributed by atoms with Crippen LogP contribution in [0.15, 0.2) is 206 Å². The molecule has 0 spiro atoms. The Kier molecular flexibility index (Phi) is 7.70. The monoisotopic (exact) mass is 690 g/mol. The second-order valence-electron chi connectivity index (χ2n) is 13.7. The highest BCUT2D eigenvalue weighted by Crippen LogP contribution is 2.56. The summed E-state index contributed by atoms with van der Waals surface area (Å²) in [6.45, 7) is 0. The van der Waals surface area contributed by atoms with E-state index in [2.05, 4.69) is 182 Å². The normalized spacial score (nSPS) is 12.7. The van der Waals surface area contributed by atoms with E-state index < -0.39 is 5.41 Å². The third kappa shape index (κ3) is 5.21. The Labute approximate surface area is 314 Å². The number of benzene rings is 8. The van der Waals surface area contributed by atoms with Crippen molar-refractivity contribution in [2.45, 2.75) is 5.41 Å². The summed E-state index contributed by atoms with van der Waals surface area (Å²) in [4.78, 5) is 10.0. The summed E-state index contributed by atoms with van der Waals surface area (Å²) < 4.78 is 6.69. The number of fused-ring (bicyclic) bond motifs is 3. The topological polar surface area (TPSA) is 35.0 Å². The average molecular weight is 691 g/mol. The van der Waals surface area contributed by atoms with Crippen molar-refractivity contribution in [1.82, 2.24) is 9.97 Å². The van der Waals surface area contributed by atoms with E-state index >= 15 is 0 Å². The van der Waals surface area contributed by atoms with Crippen LogP contribution in [0.3, 0.4) is 0 Å². The predicted molar refractivity (Wildman–Crippen MR) is 220 cm³/mol. The van der Waals surface area contributed by atoms with E-state index in [1.54, 1.807) is 0 Å². The lowest BCUT2D eigenvalue weighted by molar-refractivity contribution is 0.434. The average Bonchev–Trinajstić information content (AvgIpc) is 3.26. The van der Waals surface area contributed by atoms with Gasteiger partial charge >= 0.3 is 0 Å². The van der Waals surface area contributed by atoms with E-state index in [1.165, 1.54) is 11.1 Å². The highest BCUT2D eigenvalue weighted by Gasteiger charge is 2.45.